The van der Waals surface area contributed by atoms with Crippen LogP contribution in [0.1, 0.15) is 13.8 Å². The van der Waals surface area contributed by atoms with Crippen LogP contribution in [0, 0.1) is 5.41 Å². The molecule has 2 heteroatoms. The summed E-state index contributed by atoms with van der Waals surface area (Å²) in [6.07, 6.45) is 4.60. The summed E-state index contributed by atoms with van der Waals surface area (Å²) in [4.78, 5) is 3.59. The van der Waals surface area contributed by atoms with E-state index < -0.39 is 0 Å². The number of hydrogen-bond donors (Lipinski definition) is 1. The van der Waals surface area contributed by atoms with E-state index in [1.807, 2.05) is 19.9 Å². The van der Waals surface area contributed by atoms with Crippen LogP contribution in [0.15, 0.2) is 16.6 Å². The van der Waals surface area contributed by atoms with Gasteiger partial charge in [-0.2, -0.15) is 0 Å². The molecule has 0 bridgehead atoms. The number of nitrogens with one attached hydrogen (secondary N) is 1. The van der Waals surface area contributed by atoms with Gasteiger partial charge in [0.1, 0.15) is 6.34 Å². The Morgan fingerprint density at radius 2 is 2.25 bits per heavy atom. The Morgan fingerprint density at radius 1 is 1.62 bits per heavy atom. The van der Waals surface area contributed by atoms with Gasteiger partial charge in [-0.15, -0.1) is 0 Å². The summed E-state index contributed by atoms with van der Waals surface area (Å²) in [6, 6.07) is 0. The molecule has 0 saturated heterocycles. The van der Waals surface area contributed by atoms with Crippen molar-refractivity contribution in [2.75, 3.05) is 0 Å². The van der Waals surface area contributed by atoms with Gasteiger partial charge in [-0.05, 0) is 19.4 Å². The molecule has 8 heavy (non-hydrogen) atoms. The number of allylic oxidation sites excluding steroid dienone is 2. The van der Waals surface area contributed by atoms with Gasteiger partial charge in [0.15, 0.2) is 0 Å². The zero-order valence-corrected chi connectivity index (χ0v) is 5.18. The monoisotopic (exact) mass is 110 g/mol. The molecule has 0 amide bonds. The minimum absolute atomic E-state index is 1.02. The maximum Gasteiger partial charge on any atom is 0.106 e. The molecule has 0 aliphatic carbocycles. The first-order chi connectivity index (χ1) is 3.81. The number of rotatable bonds is 2. The fraction of sp³-hybridized carbons (Fsp3) is 0.333. The molecule has 0 aromatic carbocycles. The van der Waals surface area contributed by atoms with E-state index in [4.69, 9.17) is 5.41 Å². The van der Waals surface area contributed by atoms with Gasteiger partial charge < -0.3 is 0 Å². The van der Waals surface area contributed by atoms with E-state index in [0.717, 1.165) is 11.9 Å². The Kier molecular flexibility index (Phi) is 3.76. The van der Waals surface area contributed by atoms with Gasteiger partial charge in [0, 0.05) is 6.21 Å². The zero-order valence-electron chi connectivity index (χ0n) is 5.18. The molecule has 0 rings (SSSR count). The minimum atomic E-state index is 1.02. The topological polar surface area (TPSA) is 36.2 Å². The Hall–Kier alpha value is -0.920. The van der Waals surface area contributed by atoms with Gasteiger partial charge in [-0.3, -0.25) is 5.41 Å². The summed E-state index contributed by atoms with van der Waals surface area (Å²) in [5, 5.41) is 6.52. The van der Waals surface area contributed by atoms with Crippen molar-refractivity contribution in [1.82, 2.24) is 0 Å². The van der Waals surface area contributed by atoms with Crippen molar-refractivity contribution in [1.29, 1.82) is 5.41 Å². The molecule has 44 valence electrons. The molecule has 0 atom stereocenters. The van der Waals surface area contributed by atoms with Gasteiger partial charge in [0.05, 0.1) is 0 Å². The second-order valence-corrected chi connectivity index (χ2v) is 1.44. The first-order valence-corrected chi connectivity index (χ1v) is 2.46. The zero-order chi connectivity index (χ0) is 6.41. The van der Waals surface area contributed by atoms with Crippen molar-refractivity contribution < 1.29 is 0 Å². The summed E-state index contributed by atoms with van der Waals surface area (Å²) >= 11 is 0. The standard InChI is InChI=1S/C6H10N2/c1-3-6(2)4-8-5-7/h3-5,7H,1-2H3/b6-3-,7-5?,8-4-. The van der Waals surface area contributed by atoms with Crippen LogP contribution in [0.5, 0.6) is 0 Å². The van der Waals surface area contributed by atoms with Crippen LogP contribution in [0.3, 0.4) is 0 Å². The van der Waals surface area contributed by atoms with Crippen molar-refractivity contribution in [2.24, 2.45) is 4.99 Å². The van der Waals surface area contributed by atoms with Gasteiger partial charge in [-0.1, -0.05) is 6.08 Å². The average molecular weight is 110 g/mol. The van der Waals surface area contributed by atoms with Crippen molar-refractivity contribution in [3.05, 3.63) is 11.6 Å². The molecule has 1 N–H and O–H groups in total. The third-order valence-corrected chi connectivity index (χ3v) is 0.808. The molecule has 0 unspecified atom stereocenters. The number of hydrogen-bond acceptors (Lipinski definition) is 1. The van der Waals surface area contributed by atoms with Crippen LogP contribution in [-0.4, -0.2) is 12.6 Å². The maximum absolute atomic E-state index is 6.52. The quantitative estimate of drug-likeness (QED) is 0.414. The summed E-state index contributed by atoms with van der Waals surface area (Å²) in [6.45, 7) is 3.87. The van der Waals surface area contributed by atoms with E-state index >= 15 is 0 Å². The molecular weight excluding hydrogens is 100 g/mol. The van der Waals surface area contributed by atoms with Gasteiger partial charge in [0.2, 0.25) is 0 Å². The van der Waals surface area contributed by atoms with Crippen LogP contribution in [-0.2, 0) is 0 Å². The van der Waals surface area contributed by atoms with Gasteiger partial charge >= 0.3 is 0 Å². The molecule has 0 heterocycles. The highest BCUT2D eigenvalue weighted by atomic mass is 14.7. The lowest BCUT2D eigenvalue weighted by atomic mass is 10.3. The normalized spacial score (nSPS) is 12.5. The molecule has 0 aromatic rings. The fourth-order valence-electron chi connectivity index (χ4n) is 0.229. The summed E-state index contributed by atoms with van der Waals surface area (Å²) in [5.74, 6) is 0. The predicted molar refractivity (Wildman–Crippen MR) is 36.7 cm³/mol. The van der Waals surface area contributed by atoms with Crippen LogP contribution in [0.25, 0.3) is 0 Å². The largest absolute Gasteiger partial charge is 0.290 e. The highest BCUT2D eigenvalue weighted by molar-refractivity contribution is 5.83. The number of nitrogens with zero attached hydrogens (tertiary/aromatic N) is 1. The second kappa shape index (κ2) is 4.24. The van der Waals surface area contributed by atoms with Crippen LogP contribution >= 0.6 is 0 Å². The van der Waals surface area contributed by atoms with Gasteiger partial charge in [0.25, 0.3) is 0 Å². The average Bonchev–Trinajstić information content (AvgIpc) is 1.83. The lowest BCUT2D eigenvalue weighted by Gasteiger charge is -1.80. The Morgan fingerprint density at radius 3 is 2.62 bits per heavy atom. The number of aliphatic imine (C=N–C) groups is 1. The predicted octanol–water partition coefficient (Wildman–Crippen LogP) is 1.63. The molecule has 0 saturated carbocycles. The highest BCUT2D eigenvalue weighted by Gasteiger charge is 1.72. The second-order valence-electron chi connectivity index (χ2n) is 1.44. The summed E-state index contributed by atoms with van der Waals surface area (Å²) < 4.78 is 0. The third-order valence-electron chi connectivity index (χ3n) is 0.808. The molecule has 0 aliphatic rings. The highest BCUT2D eigenvalue weighted by Crippen LogP contribution is 1.83. The van der Waals surface area contributed by atoms with Gasteiger partial charge in [-0.25, -0.2) is 4.99 Å². The molecule has 0 fully saturated rings. The lowest BCUT2D eigenvalue weighted by Crippen LogP contribution is -1.74. The van der Waals surface area contributed by atoms with Crippen LogP contribution < -0.4 is 0 Å². The first-order valence-electron chi connectivity index (χ1n) is 2.46. The lowest BCUT2D eigenvalue weighted by molar-refractivity contribution is 1.50. The van der Waals surface area contributed by atoms with Crippen LogP contribution in [0.4, 0.5) is 0 Å². The van der Waals surface area contributed by atoms with E-state index in [-0.39, 0.29) is 0 Å². The van der Waals surface area contributed by atoms with Crippen molar-refractivity contribution in [3.8, 4) is 0 Å². The molecule has 2 nitrogen and oxygen atoms in total. The molecular formula is C6H10N2. The molecule has 0 radical (unpaired) electrons. The van der Waals surface area contributed by atoms with E-state index in [0.29, 0.717) is 0 Å². The third kappa shape index (κ3) is 3.28. The smallest absolute Gasteiger partial charge is 0.106 e. The molecule has 0 aliphatic heterocycles. The van der Waals surface area contributed by atoms with Crippen molar-refractivity contribution in [3.63, 3.8) is 0 Å². The van der Waals surface area contributed by atoms with Crippen molar-refractivity contribution in [2.45, 2.75) is 13.8 Å². The fourth-order valence-corrected chi connectivity index (χ4v) is 0.229. The van der Waals surface area contributed by atoms with E-state index in [9.17, 15) is 0 Å². The summed E-state index contributed by atoms with van der Waals surface area (Å²) in [5.41, 5.74) is 1.08. The summed E-state index contributed by atoms with van der Waals surface area (Å²) in [7, 11) is 0. The van der Waals surface area contributed by atoms with E-state index in [1.54, 1.807) is 6.21 Å². The minimum Gasteiger partial charge on any atom is -0.290 e. The molecule has 0 spiro atoms. The van der Waals surface area contributed by atoms with E-state index in [1.165, 1.54) is 0 Å². The Balaban J connectivity index is 3.69. The Labute approximate surface area is 49.5 Å². The molecule has 0 aromatic heterocycles. The van der Waals surface area contributed by atoms with Crippen molar-refractivity contribution >= 4 is 12.6 Å². The first kappa shape index (κ1) is 7.08. The Bertz CT molecular complexity index is 122. The van der Waals surface area contributed by atoms with E-state index in [2.05, 4.69) is 4.99 Å². The van der Waals surface area contributed by atoms with Crippen LogP contribution in [0.2, 0.25) is 0 Å². The SMILES string of the molecule is C/C=C(C)\C=N/C=N. The maximum atomic E-state index is 6.52.